The molecule has 0 radical (unpaired) electrons. The molecule has 0 aliphatic carbocycles. The average molecular weight is 420 g/mol. The summed E-state index contributed by atoms with van der Waals surface area (Å²) in [6.07, 6.45) is 1.58. The Labute approximate surface area is 168 Å². The number of benzene rings is 1. The van der Waals surface area contributed by atoms with E-state index >= 15 is 0 Å². The molecule has 0 bridgehead atoms. The van der Waals surface area contributed by atoms with E-state index in [4.69, 9.17) is 9.26 Å². The number of hydrogen-bond donors (Lipinski definition) is 0. The third kappa shape index (κ3) is 3.82. The Morgan fingerprint density at radius 2 is 2.11 bits per heavy atom. The number of thiophene rings is 1. The molecule has 1 aliphatic rings. The van der Waals surface area contributed by atoms with Crippen LogP contribution in [0, 0.1) is 0 Å². The molecule has 9 heteroatoms. The van der Waals surface area contributed by atoms with E-state index < -0.39 is 10.0 Å². The van der Waals surface area contributed by atoms with Crippen LogP contribution in [0.3, 0.4) is 0 Å². The van der Waals surface area contributed by atoms with Crippen LogP contribution in [0.25, 0.3) is 11.4 Å². The first kappa shape index (κ1) is 19.1. The van der Waals surface area contributed by atoms with Crippen LogP contribution < -0.4 is 4.74 Å². The SMILES string of the molecule is CCOc1ccc(-c2noc([C@@H]3CCCN(S(=O)(=O)c4cccs4)C3)n2)cc1. The Kier molecular flexibility index (Phi) is 5.47. The third-order valence-corrected chi connectivity index (χ3v) is 7.93. The van der Waals surface area contributed by atoms with Crippen LogP contribution in [0.2, 0.25) is 0 Å². The minimum absolute atomic E-state index is 0.104. The van der Waals surface area contributed by atoms with Gasteiger partial charge in [0.2, 0.25) is 11.7 Å². The second-order valence-electron chi connectivity index (χ2n) is 6.55. The summed E-state index contributed by atoms with van der Waals surface area (Å²) in [4.78, 5) is 4.52. The summed E-state index contributed by atoms with van der Waals surface area (Å²) in [6, 6.07) is 10.9. The molecule has 0 amide bonds. The van der Waals surface area contributed by atoms with Crippen molar-refractivity contribution < 1.29 is 17.7 Å². The zero-order chi connectivity index (χ0) is 19.6. The molecule has 3 heterocycles. The number of piperidine rings is 1. The van der Waals surface area contributed by atoms with E-state index in [9.17, 15) is 8.42 Å². The molecule has 1 saturated heterocycles. The van der Waals surface area contributed by atoms with Crippen LogP contribution in [-0.4, -0.2) is 42.6 Å². The smallest absolute Gasteiger partial charge is 0.252 e. The van der Waals surface area contributed by atoms with Gasteiger partial charge in [-0.3, -0.25) is 0 Å². The molecule has 7 nitrogen and oxygen atoms in total. The van der Waals surface area contributed by atoms with Gasteiger partial charge in [0.15, 0.2) is 0 Å². The van der Waals surface area contributed by atoms with Gasteiger partial charge in [0, 0.05) is 18.7 Å². The van der Waals surface area contributed by atoms with Crippen LogP contribution in [0.5, 0.6) is 5.75 Å². The monoisotopic (exact) mass is 419 g/mol. The van der Waals surface area contributed by atoms with Crippen LogP contribution >= 0.6 is 11.3 Å². The predicted molar refractivity (Wildman–Crippen MR) is 106 cm³/mol. The highest BCUT2D eigenvalue weighted by atomic mass is 32.2. The summed E-state index contributed by atoms with van der Waals surface area (Å²) in [7, 11) is -3.47. The Balaban J connectivity index is 1.50. The molecule has 4 rings (SSSR count). The molecular formula is C19H21N3O4S2. The van der Waals surface area contributed by atoms with Gasteiger partial charge in [0.1, 0.15) is 9.96 Å². The number of rotatable bonds is 6. The highest BCUT2D eigenvalue weighted by Crippen LogP contribution is 2.31. The van der Waals surface area contributed by atoms with Crippen molar-refractivity contribution in [1.82, 2.24) is 14.4 Å². The third-order valence-electron chi connectivity index (χ3n) is 4.69. The van der Waals surface area contributed by atoms with E-state index in [1.54, 1.807) is 17.5 Å². The standard InChI is InChI=1S/C19H21N3O4S2/c1-2-25-16-9-7-14(8-10-16)18-20-19(26-21-18)15-5-3-11-22(13-15)28(23,24)17-6-4-12-27-17/h4,6-10,12,15H,2-3,5,11,13H2,1H3/t15-/m1/s1. The minimum atomic E-state index is -3.47. The Bertz CT molecular complexity index is 1010. The molecule has 1 fully saturated rings. The summed E-state index contributed by atoms with van der Waals surface area (Å²) >= 11 is 1.24. The van der Waals surface area contributed by atoms with Gasteiger partial charge in [-0.25, -0.2) is 8.42 Å². The number of ether oxygens (including phenoxy) is 1. The van der Waals surface area contributed by atoms with Gasteiger partial charge in [-0.05, 0) is 55.5 Å². The number of hydrogen-bond acceptors (Lipinski definition) is 7. The second kappa shape index (κ2) is 8.02. The molecule has 2 aromatic heterocycles. The van der Waals surface area contributed by atoms with Crippen molar-refractivity contribution in [3.63, 3.8) is 0 Å². The van der Waals surface area contributed by atoms with Gasteiger partial charge in [-0.1, -0.05) is 11.2 Å². The van der Waals surface area contributed by atoms with Crippen molar-refractivity contribution in [3.05, 3.63) is 47.7 Å². The average Bonchev–Trinajstić information content (AvgIpc) is 3.42. The van der Waals surface area contributed by atoms with Gasteiger partial charge in [-0.15, -0.1) is 11.3 Å². The highest BCUT2D eigenvalue weighted by molar-refractivity contribution is 7.91. The Morgan fingerprint density at radius 1 is 1.29 bits per heavy atom. The lowest BCUT2D eigenvalue weighted by Gasteiger charge is -2.29. The summed E-state index contributed by atoms with van der Waals surface area (Å²) in [5, 5.41) is 5.85. The largest absolute Gasteiger partial charge is 0.494 e. The molecular weight excluding hydrogens is 398 g/mol. The highest BCUT2D eigenvalue weighted by Gasteiger charge is 2.33. The molecule has 0 N–H and O–H groups in total. The zero-order valence-electron chi connectivity index (χ0n) is 15.4. The van der Waals surface area contributed by atoms with Crippen LogP contribution in [-0.2, 0) is 10.0 Å². The van der Waals surface area contributed by atoms with E-state index in [1.807, 2.05) is 31.2 Å². The van der Waals surface area contributed by atoms with E-state index in [-0.39, 0.29) is 5.92 Å². The number of nitrogens with zero attached hydrogens (tertiary/aromatic N) is 3. The van der Waals surface area contributed by atoms with Crippen molar-refractivity contribution in [2.24, 2.45) is 0 Å². The van der Waals surface area contributed by atoms with Gasteiger partial charge in [0.05, 0.1) is 12.5 Å². The Hall–Kier alpha value is -2.23. The molecule has 1 aromatic carbocycles. The van der Waals surface area contributed by atoms with E-state index in [0.29, 0.717) is 35.6 Å². The molecule has 0 spiro atoms. The fraction of sp³-hybridized carbons (Fsp3) is 0.368. The van der Waals surface area contributed by atoms with Gasteiger partial charge in [-0.2, -0.15) is 9.29 Å². The normalized spacial score (nSPS) is 18.2. The maximum atomic E-state index is 12.8. The quantitative estimate of drug-likeness (QED) is 0.605. The van der Waals surface area contributed by atoms with E-state index in [0.717, 1.165) is 24.2 Å². The van der Waals surface area contributed by atoms with Crippen molar-refractivity contribution in [1.29, 1.82) is 0 Å². The maximum Gasteiger partial charge on any atom is 0.252 e. The number of sulfonamides is 1. The molecule has 0 unspecified atom stereocenters. The van der Waals surface area contributed by atoms with Crippen LogP contribution in [0.4, 0.5) is 0 Å². The van der Waals surface area contributed by atoms with Crippen molar-refractivity contribution >= 4 is 21.4 Å². The number of aromatic nitrogens is 2. The first-order valence-corrected chi connectivity index (χ1v) is 11.5. The first-order chi connectivity index (χ1) is 13.6. The molecule has 148 valence electrons. The molecule has 28 heavy (non-hydrogen) atoms. The maximum absolute atomic E-state index is 12.8. The summed E-state index contributed by atoms with van der Waals surface area (Å²) in [5.74, 6) is 1.66. The summed E-state index contributed by atoms with van der Waals surface area (Å²) < 4.78 is 38.4. The fourth-order valence-corrected chi connectivity index (χ4v) is 5.95. The zero-order valence-corrected chi connectivity index (χ0v) is 17.1. The minimum Gasteiger partial charge on any atom is -0.494 e. The topological polar surface area (TPSA) is 85.5 Å². The summed E-state index contributed by atoms with van der Waals surface area (Å²) in [6.45, 7) is 3.41. The molecule has 0 saturated carbocycles. The predicted octanol–water partition coefficient (Wildman–Crippen LogP) is 3.77. The molecule has 1 atom stereocenters. The van der Waals surface area contributed by atoms with Crippen molar-refractivity contribution in [2.75, 3.05) is 19.7 Å². The second-order valence-corrected chi connectivity index (χ2v) is 9.66. The van der Waals surface area contributed by atoms with Gasteiger partial charge in [0.25, 0.3) is 10.0 Å². The van der Waals surface area contributed by atoms with E-state index in [1.165, 1.54) is 15.6 Å². The first-order valence-electron chi connectivity index (χ1n) is 9.18. The fourth-order valence-electron chi connectivity index (χ4n) is 3.28. The van der Waals surface area contributed by atoms with Crippen LogP contribution in [0.15, 0.2) is 50.5 Å². The Morgan fingerprint density at radius 3 is 2.82 bits per heavy atom. The van der Waals surface area contributed by atoms with Crippen LogP contribution in [0.1, 0.15) is 31.6 Å². The summed E-state index contributed by atoms with van der Waals surface area (Å²) in [5.41, 5.74) is 0.831. The lowest BCUT2D eigenvalue weighted by atomic mass is 10.00. The lowest BCUT2D eigenvalue weighted by molar-refractivity contribution is 0.266. The molecule has 1 aliphatic heterocycles. The van der Waals surface area contributed by atoms with E-state index in [2.05, 4.69) is 10.1 Å². The van der Waals surface area contributed by atoms with Crippen molar-refractivity contribution in [2.45, 2.75) is 29.9 Å². The lowest BCUT2D eigenvalue weighted by Crippen LogP contribution is -2.38. The molecule has 3 aromatic rings. The van der Waals surface area contributed by atoms with Gasteiger partial charge < -0.3 is 9.26 Å². The van der Waals surface area contributed by atoms with Crippen molar-refractivity contribution in [3.8, 4) is 17.1 Å². The van der Waals surface area contributed by atoms with Gasteiger partial charge >= 0.3 is 0 Å².